The first-order chi connectivity index (χ1) is 7.99. The molecule has 0 heterocycles. The van der Waals surface area contributed by atoms with Gasteiger partial charge in [-0.25, -0.2) is 12.7 Å². The lowest BCUT2D eigenvalue weighted by molar-refractivity contribution is 0.426. The number of nitrogens with zero attached hydrogens (tertiary/aromatic N) is 1. The third-order valence-corrected chi connectivity index (χ3v) is 4.44. The van der Waals surface area contributed by atoms with E-state index in [0.29, 0.717) is 18.8 Å². The molecule has 4 nitrogen and oxygen atoms in total. The van der Waals surface area contributed by atoms with Crippen molar-refractivity contribution in [2.45, 2.75) is 26.0 Å². The van der Waals surface area contributed by atoms with Crippen molar-refractivity contribution < 1.29 is 8.42 Å². The smallest absolute Gasteiger partial charge is 0.218 e. The van der Waals surface area contributed by atoms with Crippen molar-refractivity contribution in [2.75, 3.05) is 18.8 Å². The summed E-state index contributed by atoms with van der Waals surface area (Å²) in [5, 5.41) is 0. The molecule has 0 aliphatic rings. The lowest BCUT2D eigenvalue weighted by Crippen LogP contribution is -2.32. The third kappa shape index (κ3) is 4.02. The summed E-state index contributed by atoms with van der Waals surface area (Å²) in [7, 11) is -3.23. The fraction of sp³-hybridized carbons (Fsp3) is 0.500. The minimum absolute atomic E-state index is 0.0197. The van der Waals surface area contributed by atoms with Crippen LogP contribution in [-0.2, 0) is 15.8 Å². The van der Waals surface area contributed by atoms with Gasteiger partial charge >= 0.3 is 0 Å². The molecule has 96 valence electrons. The normalized spacial score (nSPS) is 11.9. The van der Waals surface area contributed by atoms with Gasteiger partial charge in [0.05, 0.1) is 5.75 Å². The van der Waals surface area contributed by atoms with Crippen LogP contribution >= 0.6 is 0 Å². The molecule has 2 N–H and O–H groups in total. The van der Waals surface area contributed by atoms with Crippen LogP contribution in [-0.4, -0.2) is 25.8 Å². The van der Waals surface area contributed by atoms with E-state index in [0.717, 1.165) is 12.0 Å². The monoisotopic (exact) mass is 256 g/mol. The first-order valence-electron chi connectivity index (χ1n) is 5.81. The highest BCUT2D eigenvalue weighted by atomic mass is 32.2. The van der Waals surface area contributed by atoms with E-state index in [1.807, 2.05) is 13.8 Å². The van der Waals surface area contributed by atoms with Crippen molar-refractivity contribution >= 4 is 15.7 Å². The second-order valence-corrected chi connectivity index (χ2v) is 5.96. The van der Waals surface area contributed by atoms with Gasteiger partial charge in [0.1, 0.15) is 0 Å². The van der Waals surface area contributed by atoms with Crippen molar-refractivity contribution in [3.63, 3.8) is 0 Å². The Morgan fingerprint density at radius 3 is 2.53 bits per heavy atom. The molecule has 0 aliphatic carbocycles. The zero-order valence-corrected chi connectivity index (χ0v) is 11.2. The van der Waals surface area contributed by atoms with Gasteiger partial charge in [-0.2, -0.15) is 0 Å². The van der Waals surface area contributed by atoms with Gasteiger partial charge in [0.15, 0.2) is 0 Å². The number of nitrogens with two attached hydrogens (primary N) is 1. The highest BCUT2D eigenvalue weighted by molar-refractivity contribution is 7.88. The molecule has 0 aromatic heterocycles. The van der Waals surface area contributed by atoms with Crippen LogP contribution in [0.2, 0.25) is 0 Å². The predicted octanol–water partition coefficient (Wildman–Crippen LogP) is 1.83. The molecule has 5 heteroatoms. The molecule has 0 radical (unpaired) electrons. The molecular weight excluding hydrogens is 236 g/mol. The highest BCUT2D eigenvalue weighted by Crippen LogP contribution is 2.13. The minimum Gasteiger partial charge on any atom is -0.399 e. The van der Waals surface area contributed by atoms with E-state index in [9.17, 15) is 8.42 Å². The second-order valence-electron chi connectivity index (χ2n) is 3.99. The van der Waals surface area contributed by atoms with Gasteiger partial charge in [0.2, 0.25) is 10.0 Å². The van der Waals surface area contributed by atoms with Gasteiger partial charge in [-0.05, 0) is 24.1 Å². The molecule has 17 heavy (non-hydrogen) atoms. The SMILES string of the molecule is CCCN(CC)S(=O)(=O)Cc1cccc(N)c1. The summed E-state index contributed by atoms with van der Waals surface area (Å²) in [5.74, 6) is 0.0197. The minimum atomic E-state index is -3.23. The maximum atomic E-state index is 12.1. The van der Waals surface area contributed by atoms with Crippen LogP contribution in [0, 0.1) is 0 Å². The van der Waals surface area contributed by atoms with Gasteiger partial charge < -0.3 is 5.73 Å². The van der Waals surface area contributed by atoms with Gasteiger partial charge in [-0.15, -0.1) is 0 Å². The van der Waals surface area contributed by atoms with E-state index in [1.165, 1.54) is 4.31 Å². The van der Waals surface area contributed by atoms with E-state index in [2.05, 4.69) is 0 Å². The Balaban J connectivity index is 2.85. The van der Waals surface area contributed by atoms with E-state index in [-0.39, 0.29) is 5.75 Å². The Labute approximate surface area is 103 Å². The Bertz CT molecular complexity index is 457. The largest absolute Gasteiger partial charge is 0.399 e. The number of hydrogen-bond acceptors (Lipinski definition) is 3. The molecule has 0 spiro atoms. The lowest BCUT2D eigenvalue weighted by atomic mass is 10.2. The quantitative estimate of drug-likeness (QED) is 0.790. The van der Waals surface area contributed by atoms with Crippen LogP contribution in [0.25, 0.3) is 0 Å². The summed E-state index contributed by atoms with van der Waals surface area (Å²) >= 11 is 0. The summed E-state index contributed by atoms with van der Waals surface area (Å²) in [6, 6.07) is 7.01. The van der Waals surface area contributed by atoms with E-state index >= 15 is 0 Å². The number of rotatable bonds is 6. The topological polar surface area (TPSA) is 63.4 Å². The van der Waals surface area contributed by atoms with Gasteiger partial charge in [-0.1, -0.05) is 26.0 Å². The van der Waals surface area contributed by atoms with Crippen molar-refractivity contribution in [3.8, 4) is 0 Å². The molecule has 0 bridgehead atoms. The molecule has 1 aromatic carbocycles. The maximum Gasteiger partial charge on any atom is 0.218 e. The van der Waals surface area contributed by atoms with Gasteiger partial charge in [-0.3, -0.25) is 0 Å². The molecule has 0 saturated heterocycles. The molecule has 0 unspecified atom stereocenters. The van der Waals surface area contributed by atoms with Gasteiger partial charge in [0.25, 0.3) is 0 Å². The van der Waals surface area contributed by atoms with Crippen LogP contribution in [0.15, 0.2) is 24.3 Å². The first-order valence-corrected chi connectivity index (χ1v) is 7.42. The molecule has 0 saturated carbocycles. The second kappa shape index (κ2) is 6.02. The molecule has 1 rings (SSSR count). The lowest BCUT2D eigenvalue weighted by Gasteiger charge is -2.19. The van der Waals surface area contributed by atoms with Crippen LogP contribution in [0.3, 0.4) is 0 Å². The fourth-order valence-corrected chi connectivity index (χ4v) is 3.37. The summed E-state index contributed by atoms with van der Waals surface area (Å²) in [6.45, 7) is 4.91. The summed E-state index contributed by atoms with van der Waals surface area (Å²) < 4.78 is 25.7. The van der Waals surface area contributed by atoms with E-state index < -0.39 is 10.0 Å². The molecular formula is C12H20N2O2S. The number of benzene rings is 1. The Morgan fingerprint density at radius 1 is 1.29 bits per heavy atom. The summed E-state index contributed by atoms with van der Waals surface area (Å²) in [5.41, 5.74) is 6.97. The van der Waals surface area contributed by atoms with Gasteiger partial charge in [0, 0.05) is 18.8 Å². The summed E-state index contributed by atoms with van der Waals surface area (Å²) in [4.78, 5) is 0. The van der Waals surface area contributed by atoms with E-state index in [1.54, 1.807) is 24.3 Å². The Kier molecular flexibility index (Phi) is 4.96. The average Bonchev–Trinajstić information content (AvgIpc) is 2.24. The molecule has 1 aromatic rings. The molecule has 0 atom stereocenters. The fourth-order valence-electron chi connectivity index (χ4n) is 1.73. The molecule has 0 amide bonds. The maximum absolute atomic E-state index is 12.1. The number of sulfonamides is 1. The standard InChI is InChI=1S/C12H20N2O2S/c1-3-8-14(4-2)17(15,16)10-11-6-5-7-12(13)9-11/h5-7,9H,3-4,8,10,13H2,1-2H3. The Hall–Kier alpha value is -1.07. The van der Waals surface area contributed by atoms with Crippen LogP contribution in [0.4, 0.5) is 5.69 Å². The predicted molar refractivity (Wildman–Crippen MR) is 71.0 cm³/mol. The number of hydrogen-bond donors (Lipinski definition) is 1. The average molecular weight is 256 g/mol. The number of anilines is 1. The van der Waals surface area contributed by atoms with Crippen molar-refractivity contribution in [1.29, 1.82) is 0 Å². The van der Waals surface area contributed by atoms with Crippen LogP contribution in [0.5, 0.6) is 0 Å². The van der Waals surface area contributed by atoms with Crippen molar-refractivity contribution in [1.82, 2.24) is 4.31 Å². The van der Waals surface area contributed by atoms with Crippen LogP contribution < -0.4 is 5.73 Å². The van der Waals surface area contributed by atoms with Crippen molar-refractivity contribution in [2.24, 2.45) is 0 Å². The summed E-state index contributed by atoms with van der Waals surface area (Å²) in [6.07, 6.45) is 0.823. The van der Waals surface area contributed by atoms with Crippen molar-refractivity contribution in [3.05, 3.63) is 29.8 Å². The first kappa shape index (κ1) is 14.0. The molecule has 0 fully saturated rings. The highest BCUT2D eigenvalue weighted by Gasteiger charge is 2.19. The number of nitrogen functional groups attached to an aromatic ring is 1. The zero-order chi connectivity index (χ0) is 12.9. The van der Waals surface area contributed by atoms with E-state index in [4.69, 9.17) is 5.73 Å². The third-order valence-electron chi connectivity index (χ3n) is 2.52. The Morgan fingerprint density at radius 2 is 2.00 bits per heavy atom. The zero-order valence-electron chi connectivity index (χ0n) is 10.4. The molecule has 0 aliphatic heterocycles. The van der Waals surface area contributed by atoms with Crippen LogP contribution in [0.1, 0.15) is 25.8 Å².